The van der Waals surface area contributed by atoms with E-state index >= 15 is 0 Å². The fourth-order valence-corrected chi connectivity index (χ4v) is 3.31. The van der Waals surface area contributed by atoms with Crippen LogP contribution in [0.2, 0.25) is 0 Å². The summed E-state index contributed by atoms with van der Waals surface area (Å²) in [6, 6.07) is 0. The van der Waals surface area contributed by atoms with Gasteiger partial charge in [-0.2, -0.15) is 13.2 Å². The Bertz CT molecular complexity index is 471. The van der Waals surface area contributed by atoms with Gasteiger partial charge in [-0.3, -0.25) is 0 Å². The first kappa shape index (κ1) is 13.4. The van der Waals surface area contributed by atoms with Crippen LogP contribution in [0.1, 0.15) is 19.8 Å². The van der Waals surface area contributed by atoms with E-state index in [1.165, 1.54) is 0 Å². The molecule has 2 aliphatic rings. The van der Waals surface area contributed by atoms with Crippen LogP contribution in [0.4, 0.5) is 13.2 Å². The van der Waals surface area contributed by atoms with Crippen molar-refractivity contribution >= 4 is 11.8 Å². The highest BCUT2D eigenvalue weighted by Gasteiger charge is 2.48. The zero-order valence-electron chi connectivity index (χ0n) is 9.92. The average molecular weight is 270 g/mol. The van der Waals surface area contributed by atoms with E-state index in [1.54, 1.807) is 24.3 Å². The molecule has 0 spiro atoms. The van der Waals surface area contributed by atoms with E-state index in [4.69, 9.17) is 0 Å². The molecule has 0 aromatic carbocycles. The Labute approximate surface area is 109 Å². The fraction of sp³-hybridized carbons (Fsp3) is 0.429. The van der Waals surface area contributed by atoms with Crippen molar-refractivity contribution in [1.82, 2.24) is 0 Å². The molecule has 2 unspecified atom stereocenters. The van der Waals surface area contributed by atoms with E-state index < -0.39 is 17.3 Å². The van der Waals surface area contributed by atoms with E-state index in [9.17, 15) is 13.2 Å². The fourth-order valence-electron chi connectivity index (χ4n) is 2.06. The van der Waals surface area contributed by atoms with Gasteiger partial charge in [0.2, 0.25) is 0 Å². The van der Waals surface area contributed by atoms with E-state index in [1.807, 2.05) is 6.92 Å². The lowest BCUT2D eigenvalue weighted by Crippen LogP contribution is -2.31. The summed E-state index contributed by atoms with van der Waals surface area (Å²) in [5.41, 5.74) is 0.759. The summed E-state index contributed by atoms with van der Waals surface area (Å²) < 4.78 is 39.1. The Morgan fingerprint density at radius 2 is 2.22 bits per heavy atom. The average Bonchev–Trinajstić information content (AvgIpc) is 2.57. The van der Waals surface area contributed by atoms with E-state index in [2.05, 4.69) is 11.8 Å². The molecule has 2 rings (SSSR count). The van der Waals surface area contributed by atoms with Gasteiger partial charge < -0.3 is 0 Å². The van der Waals surface area contributed by atoms with Gasteiger partial charge in [0.1, 0.15) is 5.25 Å². The molecule has 0 aromatic heterocycles. The zero-order chi connectivity index (χ0) is 13.2. The van der Waals surface area contributed by atoms with Crippen molar-refractivity contribution in [2.24, 2.45) is 5.92 Å². The largest absolute Gasteiger partial charge is 0.401 e. The number of hydrogen-bond acceptors (Lipinski definition) is 1. The van der Waals surface area contributed by atoms with E-state index in [0.29, 0.717) is 12.8 Å². The van der Waals surface area contributed by atoms with Crippen molar-refractivity contribution in [1.29, 1.82) is 0 Å². The summed E-state index contributed by atoms with van der Waals surface area (Å²) in [4.78, 5) is 0.824. The predicted octanol–water partition coefficient (Wildman–Crippen LogP) is 4.46. The van der Waals surface area contributed by atoms with Crippen LogP contribution in [-0.4, -0.2) is 11.4 Å². The maximum atomic E-state index is 13.0. The van der Waals surface area contributed by atoms with Crippen molar-refractivity contribution in [3.63, 3.8) is 0 Å². The molecule has 18 heavy (non-hydrogen) atoms. The standard InChI is InChI=1S/C14H13F3S/c1-2-11-9-12(13(18-11)14(15,16)17)10-7-5-3-4-6-8-10/h3,5,7,9,12-13H,2,8H2,1H3. The Hall–Kier alpha value is -1.08. The van der Waals surface area contributed by atoms with Gasteiger partial charge >= 0.3 is 6.18 Å². The molecule has 4 heteroatoms. The Balaban J connectivity index is 2.28. The second kappa shape index (κ2) is 5.27. The summed E-state index contributed by atoms with van der Waals surface area (Å²) in [6.45, 7) is 1.88. The summed E-state index contributed by atoms with van der Waals surface area (Å²) >= 11 is 0.949. The molecule has 0 aromatic rings. The monoisotopic (exact) mass is 270 g/mol. The first-order chi connectivity index (χ1) is 8.52. The van der Waals surface area contributed by atoms with Gasteiger partial charge in [0.05, 0.1) is 0 Å². The lowest BCUT2D eigenvalue weighted by atomic mass is 9.92. The second-order valence-electron chi connectivity index (χ2n) is 4.19. The van der Waals surface area contributed by atoms with Crippen LogP contribution in [0.15, 0.2) is 34.8 Å². The maximum Gasteiger partial charge on any atom is 0.401 e. The first-order valence-corrected chi connectivity index (χ1v) is 6.68. The van der Waals surface area contributed by atoms with Crippen molar-refractivity contribution in [3.05, 3.63) is 34.8 Å². The molecule has 0 fully saturated rings. The number of allylic oxidation sites excluding steroid dienone is 6. The topological polar surface area (TPSA) is 0 Å². The third-order valence-corrected chi connectivity index (χ3v) is 4.50. The SMILES string of the molecule is CCC1=CC(C2=CC=CC#CC2)C(C(F)(F)F)S1. The molecular weight excluding hydrogens is 257 g/mol. The third-order valence-electron chi connectivity index (χ3n) is 2.95. The van der Waals surface area contributed by atoms with Gasteiger partial charge in [-0.25, -0.2) is 0 Å². The quantitative estimate of drug-likeness (QED) is 0.667. The highest BCUT2D eigenvalue weighted by Crippen LogP contribution is 2.49. The third kappa shape index (κ3) is 2.84. The summed E-state index contributed by atoms with van der Waals surface area (Å²) in [6.07, 6.45) is 3.81. The Morgan fingerprint density at radius 3 is 2.89 bits per heavy atom. The van der Waals surface area contributed by atoms with Gasteiger partial charge in [-0.1, -0.05) is 37.0 Å². The number of rotatable bonds is 2. The number of thioether (sulfide) groups is 1. The first-order valence-electron chi connectivity index (χ1n) is 5.80. The molecule has 0 bridgehead atoms. The summed E-state index contributed by atoms with van der Waals surface area (Å²) in [7, 11) is 0. The lowest BCUT2D eigenvalue weighted by molar-refractivity contribution is -0.132. The van der Waals surface area contributed by atoms with Gasteiger partial charge in [0, 0.05) is 12.3 Å². The minimum Gasteiger partial charge on any atom is -0.170 e. The van der Waals surface area contributed by atoms with Crippen LogP contribution < -0.4 is 0 Å². The van der Waals surface area contributed by atoms with Crippen LogP contribution in [0.25, 0.3) is 0 Å². The van der Waals surface area contributed by atoms with Gasteiger partial charge in [0.25, 0.3) is 0 Å². The molecule has 1 heterocycles. The molecule has 96 valence electrons. The van der Waals surface area contributed by atoms with Crippen LogP contribution in [0.5, 0.6) is 0 Å². The molecule has 0 nitrogen and oxygen atoms in total. The molecule has 1 aliphatic heterocycles. The molecule has 0 N–H and O–H groups in total. The minimum absolute atomic E-state index is 0.415. The molecule has 1 aliphatic carbocycles. The Morgan fingerprint density at radius 1 is 1.44 bits per heavy atom. The van der Waals surface area contributed by atoms with Crippen LogP contribution in [-0.2, 0) is 0 Å². The highest BCUT2D eigenvalue weighted by atomic mass is 32.2. The molecule has 0 radical (unpaired) electrons. The molecule has 0 saturated carbocycles. The van der Waals surface area contributed by atoms with Crippen molar-refractivity contribution in [2.45, 2.75) is 31.2 Å². The number of alkyl halides is 3. The van der Waals surface area contributed by atoms with Crippen molar-refractivity contribution < 1.29 is 13.2 Å². The second-order valence-corrected chi connectivity index (χ2v) is 5.46. The van der Waals surface area contributed by atoms with E-state index in [-0.39, 0.29) is 0 Å². The molecule has 0 saturated heterocycles. The Kier molecular flexibility index (Phi) is 3.91. The number of hydrogen-bond donors (Lipinski definition) is 0. The predicted molar refractivity (Wildman–Crippen MR) is 68.9 cm³/mol. The molecule has 2 atom stereocenters. The molecule has 0 amide bonds. The van der Waals surface area contributed by atoms with Crippen molar-refractivity contribution in [2.75, 3.05) is 0 Å². The van der Waals surface area contributed by atoms with Gasteiger partial charge in [-0.05, 0) is 23.0 Å². The van der Waals surface area contributed by atoms with Gasteiger partial charge in [0.15, 0.2) is 0 Å². The highest BCUT2D eigenvalue weighted by molar-refractivity contribution is 8.04. The molecular formula is C14H13F3S. The maximum absolute atomic E-state index is 13.0. The summed E-state index contributed by atoms with van der Waals surface area (Å²) in [5.74, 6) is 5.09. The normalized spacial score (nSPS) is 27.1. The van der Waals surface area contributed by atoms with Gasteiger partial charge in [-0.15, -0.1) is 11.8 Å². The number of halogens is 3. The smallest absolute Gasteiger partial charge is 0.170 e. The van der Waals surface area contributed by atoms with Crippen LogP contribution >= 0.6 is 11.8 Å². The summed E-state index contributed by atoms with van der Waals surface area (Å²) in [5, 5.41) is -1.35. The zero-order valence-corrected chi connectivity index (χ0v) is 10.7. The lowest BCUT2D eigenvalue weighted by Gasteiger charge is -2.22. The van der Waals surface area contributed by atoms with Crippen LogP contribution in [0, 0.1) is 17.8 Å². The minimum atomic E-state index is -4.17. The van der Waals surface area contributed by atoms with Crippen molar-refractivity contribution in [3.8, 4) is 11.8 Å². The van der Waals surface area contributed by atoms with E-state index in [0.717, 1.165) is 22.2 Å². The van der Waals surface area contributed by atoms with Crippen LogP contribution in [0.3, 0.4) is 0 Å².